The van der Waals surface area contributed by atoms with Crippen molar-refractivity contribution >= 4 is 28.6 Å². The van der Waals surface area contributed by atoms with Crippen LogP contribution in [0.3, 0.4) is 0 Å². The molecule has 1 N–H and O–H groups in total. The molecule has 0 amide bonds. The van der Waals surface area contributed by atoms with Crippen molar-refractivity contribution in [3.63, 3.8) is 0 Å². The summed E-state index contributed by atoms with van der Waals surface area (Å²) in [6.07, 6.45) is 3.54. The van der Waals surface area contributed by atoms with E-state index >= 15 is 0 Å². The van der Waals surface area contributed by atoms with Gasteiger partial charge in [-0.25, -0.2) is 0 Å². The zero-order chi connectivity index (χ0) is 15.1. The number of fused-ring (bicyclic) bond motifs is 1. The number of aromatic nitrogens is 2. The molecule has 2 aromatic heterocycles. The minimum Gasteiger partial charge on any atom is -0.375 e. The smallest absolute Gasteiger partial charge is 0.0934 e. The first-order chi connectivity index (χ1) is 9.97. The van der Waals surface area contributed by atoms with E-state index in [2.05, 4.69) is 48.9 Å². The third kappa shape index (κ3) is 2.71. The van der Waals surface area contributed by atoms with Gasteiger partial charge >= 0.3 is 0 Å². The van der Waals surface area contributed by atoms with E-state index in [4.69, 9.17) is 11.6 Å². The Morgan fingerprint density at radius 1 is 1.43 bits per heavy atom. The fraction of sp³-hybridized carbons (Fsp3) is 0.562. The maximum absolute atomic E-state index is 6.20. The first-order valence-electron chi connectivity index (χ1n) is 7.57. The van der Waals surface area contributed by atoms with Crippen LogP contribution in [0.15, 0.2) is 6.07 Å². The minimum atomic E-state index is 0.361. The summed E-state index contributed by atoms with van der Waals surface area (Å²) >= 11 is 7.93. The summed E-state index contributed by atoms with van der Waals surface area (Å²) in [6, 6.07) is 2.88. The Morgan fingerprint density at radius 3 is 2.86 bits per heavy atom. The first-order valence-corrected chi connectivity index (χ1v) is 8.77. The Balaban J connectivity index is 1.91. The van der Waals surface area contributed by atoms with Crippen molar-refractivity contribution < 1.29 is 0 Å². The monoisotopic (exact) mass is 323 g/mol. The van der Waals surface area contributed by atoms with Gasteiger partial charge in [0.1, 0.15) is 0 Å². The molecule has 0 aliphatic heterocycles. The molecule has 114 valence electrons. The maximum atomic E-state index is 6.20. The lowest BCUT2D eigenvalue weighted by Gasteiger charge is -2.25. The van der Waals surface area contributed by atoms with Gasteiger partial charge in [0.15, 0.2) is 0 Å². The van der Waals surface area contributed by atoms with Crippen molar-refractivity contribution in [1.82, 2.24) is 9.78 Å². The highest BCUT2D eigenvalue weighted by atomic mass is 35.5. The Morgan fingerprint density at radius 2 is 2.19 bits per heavy atom. The fourth-order valence-electron chi connectivity index (χ4n) is 3.22. The van der Waals surface area contributed by atoms with E-state index in [0.717, 1.165) is 22.9 Å². The zero-order valence-electron chi connectivity index (χ0n) is 13.0. The predicted molar refractivity (Wildman–Crippen MR) is 90.7 cm³/mol. The Kier molecular flexibility index (Phi) is 4.02. The number of nitrogens with zero attached hydrogens (tertiary/aromatic N) is 2. The van der Waals surface area contributed by atoms with Gasteiger partial charge in [0.05, 0.1) is 27.5 Å². The number of nitrogens with one attached hydrogen (secondary N) is 1. The topological polar surface area (TPSA) is 29.9 Å². The summed E-state index contributed by atoms with van der Waals surface area (Å²) in [7, 11) is 0. The van der Waals surface area contributed by atoms with E-state index in [1.807, 2.05) is 0 Å². The second-order valence-corrected chi connectivity index (χ2v) is 7.87. The van der Waals surface area contributed by atoms with Crippen LogP contribution in [0.25, 0.3) is 0 Å². The normalized spacial score (nSPS) is 18.1. The van der Waals surface area contributed by atoms with Crippen LogP contribution in [-0.4, -0.2) is 9.78 Å². The second-order valence-electron chi connectivity index (χ2n) is 6.10. The van der Waals surface area contributed by atoms with Crippen LogP contribution in [0.4, 0.5) is 5.69 Å². The third-order valence-electron chi connectivity index (χ3n) is 4.22. The molecule has 1 unspecified atom stereocenters. The van der Waals surface area contributed by atoms with Crippen LogP contribution in [0.2, 0.25) is 4.34 Å². The minimum absolute atomic E-state index is 0.361. The molecule has 0 saturated heterocycles. The molecule has 0 fully saturated rings. The lowest BCUT2D eigenvalue weighted by atomic mass is 9.94. The molecule has 21 heavy (non-hydrogen) atoms. The molecule has 2 aromatic rings. The highest BCUT2D eigenvalue weighted by Gasteiger charge is 2.25. The van der Waals surface area contributed by atoms with Crippen LogP contribution >= 0.6 is 22.9 Å². The van der Waals surface area contributed by atoms with Crippen molar-refractivity contribution in [3.8, 4) is 0 Å². The van der Waals surface area contributed by atoms with Gasteiger partial charge < -0.3 is 5.32 Å². The first kappa shape index (κ1) is 14.9. The summed E-state index contributed by atoms with van der Waals surface area (Å²) in [5, 5.41) is 8.39. The number of hydrogen-bond donors (Lipinski definition) is 1. The van der Waals surface area contributed by atoms with Crippen LogP contribution in [0.1, 0.15) is 60.6 Å². The van der Waals surface area contributed by atoms with Crippen LogP contribution < -0.4 is 5.32 Å². The summed E-state index contributed by atoms with van der Waals surface area (Å²) < 4.78 is 3.00. The van der Waals surface area contributed by atoms with Crippen molar-refractivity contribution in [2.24, 2.45) is 0 Å². The average molecular weight is 324 g/mol. The molecule has 0 radical (unpaired) electrons. The summed E-state index contributed by atoms with van der Waals surface area (Å²) in [4.78, 5) is 1.44. The fourth-order valence-corrected chi connectivity index (χ4v) is 4.60. The predicted octanol–water partition coefficient (Wildman–Crippen LogP) is 5.29. The Bertz CT molecular complexity index is 657. The van der Waals surface area contributed by atoms with E-state index in [1.54, 1.807) is 11.3 Å². The standard InChI is InChI=1S/C16H22ClN3S/c1-9(2)20-11(4)16(10(3)19-20)18-13-6-5-7-14-12(13)8-15(17)21-14/h8-9,13,18H,5-7H2,1-4H3. The molecule has 0 aromatic carbocycles. The highest BCUT2D eigenvalue weighted by molar-refractivity contribution is 7.16. The van der Waals surface area contributed by atoms with Gasteiger partial charge in [0, 0.05) is 10.9 Å². The number of rotatable bonds is 3. The van der Waals surface area contributed by atoms with E-state index in [1.165, 1.54) is 28.2 Å². The number of hydrogen-bond acceptors (Lipinski definition) is 3. The third-order valence-corrected chi connectivity index (χ3v) is 5.56. The summed E-state index contributed by atoms with van der Waals surface area (Å²) in [6.45, 7) is 8.56. The van der Waals surface area contributed by atoms with Gasteiger partial charge in [-0.15, -0.1) is 11.3 Å². The van der Waals surface area contributed by atoms with Crippen LogP contribution in [-0.2, 0) is 6.42 Å². The maximum Gasteiger partial charge on any atom is 0.0934 e. The van der Waals surface area contributed by atoms with Gasteiger partial charge in [0.2, 0.25) is 0 Å². The van der Waals surface area contributed by atoms with Crippen molar-refractivity contribution in [1.29, 1.82) is 0 Å². The number of halogens is 1. The van der Waals surface area contributed by atoms with E-state index < -0.39 is 0 Å². The number of thiophene rings is 1. The number of aryl methyl sites for hydroxylation is 2. The molecule has 1 aliphatic rings. The average Bonchev–Trinajstić information content (AvgIpc) is 2.93. The van der Waals surface area contributed by atoms with E-state index in [-0.39, 0.29) is 0 Å². The lowest BCUT2D eigenvalue weighted by molar-refractivity contribution is 0.516. The highest BCUT2D eigenvalue weighted by Crippen LogP contribution is 2.40. The second kappa shape index (κ2) is 5.65. The molecule has 2 heterocycles. The van der Waals surface area contributed by atoms with Gasteiger partial charge in [-0.1, -0.05) is 11.6 Å². The zero-order valence-corrected chi connectivity index (χ0v) is 14.6. The Hall–Kier alpha value is -1.00. The van der Waals surface area contributed by atoms with Gasteiger partial charge in [0.25, 0.3) is 0 Å². The van der Waals surface area contributed by atoms with Crippen molar-refractivity contribution in [2.45, 2.75) is 59.0 Å². The molecular weight excluding hydrogens is 302 g/mol. The molecular formula is C16H22ClN3S. The molecule has 0 bridgehead atoms. The SMILES string of the molecule is Cc1nn(C(C)C)c(C)c1NC1CCCc2sc(Cl)cc21. The molecule has 3 rings (SSSR count). The summed E-state index contributed by atoms with van der Waals surface area (Å²) in [5.41, 5.74) is 4.86. The van der Waals surface area contributed by atoms with Crippen LogP contribution in [0.5, 0.6) is 0 Å². The van der Waals surface area contributed by atoms with Gasteiger partial charge in [-0.3, -0.25) is 4.68 Å². The molecule has 0 saturated carbocycles. The van der Waals surface area contributed by atoms with E-state index in [0.29, 0.717) is 12.1 Å². The van der Waals surface area contributed by atoms with Crippen molar-refractivity contribution in [2.75, 3.05) is 5.32 Å². The largest absolute Gasteiger partial charge is 0.375 e. The molecule has 1 atom stereocenters. The molecule has 1 aliphatic carbocycles. The van der Waals surface area contributed by atoms with Gasteiger partial charge in [-0.2, -0.15) is 5.10 Å². The van der Waals surface area contributed by atoms with E-state index in [9.17, 15) is 0 Å². The Labute approximate surface area is 135 Å². The lowest BCUT2D eigenvalue weighted by Crippen LogP contribution is -2.16. The molecule has 3 nitrogen and oxygen atoms in total. The van der Waals surface area contributed by atoms with Crippen LogP contribution in [0, 0.1) is 13.8 Å². The van der Waals surface area contributed by atoms with Crippen molar-refractivity contribution in [3.05, 3.63) is 32.2 Å². The quantitative estimate of drug-likeness (QED) is 0.832. The number of anilines is 1. The van der Waals surface area contributed by atoms with Gasteiger partial charge in [-0.05, 0) is 58.6 Å². The molecule has 5 heteroatoms. The summed E-state index contributed by atoms with van der Waals surface area (Å²) in [5.74, 6) is 0. The molecule has 0 spiro atoms.